The largest absolute Gasteiger partial charge is 0.372 e. The van der Waals surface area contributed by atoms with Crippen LogP contribution in [-0.4, -0.2) is 26.2 Å². The van der Waals surface area contributed by atoms with Crippen LogP contribution in [-0.2, 0) is 0 Å². The number of hydrogen-bond acceptors (Lipinski definition) is 2. The topological polar surface area (TPSA) is 6.48 Å². The summed E-state index contributed by atoms with van der Waals surface area (Å²) in [5, 5.41) is 0. The van der Waals surface area contributed by atoms with Gasteiger partial charge in [-0.15, -0.1) is 0 Å². The molecule has 2 heteroatoms. The van der Waals surface area contributed by atoms with Gasteiger partial charge in [0.2, 0.25) is 0 Å². The van der Waals surface area contributed by atoms with Crippen LogP contribution >= 0.6 is 0 Å². The fourth-order valence-corrected chi connectivity index (χ4v) is 5.52. The fourth-order valence-electron chi connectivity index (χ4n) is 5.52. The zero-order chi connectivity index (χ0) is 19.7. The first-order valence-corrected chi connectivity index (χ1v) is 11.1. The summed E-state index contributed by atoms with van der Waals surface area (Å²) in [5.74, 6) is 1.84. The highest BCUT2D eigenvalue weighted by molar-refractivity contribution is 5.52. The van der Waals surface area contributed by atoms with E-state index in [0.29, 0.717) is 0 Å². The van der Waals surface area contributed by atoms with E-state index in [1.807, 2.05) is 0 Å². The molecule has 0 N–H and O–H groups in total. The lowest BCUT2D eigenvalue weighted by molar-refractivity contribution is 0.233. The average molecular weight is 377 g/mol. The molecule has 2 fully saturated rings. The van der Waals surface area contributed by atoms with Gasteiger partial charge in [-0.1, -0.05) is 12.1 Å². The molecule has 2 aromatic carbocycles. The van der Waals surface area contributed by atoms with E-state index in [1.54, 1.807) is 0 Å². The minimum Gasteiger partial charge on any atom is -0.372 e. The molecule has 0 saturated carbocycles. The monoisotopic (exact) mass is 376 g/mol. The number of piperidine rings is 2. The number of aryl methyl sites for hydroxylation is 4. The Balaban J connectivity index is 1.31. The summed E-state index contributed by atoms with van der Waals surface area (Å²) >= 11 is 0. The van der Waals surface area contributed by atoms with E-state index in [1.165, 1.54) is 85.5 Å². The summed E-state index contributed by atoms with van der Waals surface area (Å²) in [6.45, 7) is 13.8. The molecule has 0 aliphatic carbocycles. The zero-order valence-electron chi connectivity index (χ0n) is 18.2. The second kappa shape index (κ2) is 8.19. The predicted molar refractivity (Wildman–Crippen MR) is 122 cm³/mol. The Hall–Kier alpha value is -1.96. The Bertz CT molecular complexity index is 699. The lowest BCUT2D eigenvalue weighted by atomic mass is 9.78. The van der Waals surface area contributed by atoms with E-state index in [2.05, 4.69) is 73.9 Å². The number of anilines is 2. The smallest absolute Gasteiger partial charge is 0.0371 e. The molecule has 0 amide bonds. The molecule has 2 heterocycles. The second-order valence-electron chi connectivity index (χ2n) is 9.34. The molecule has 2 saturated heterocycles. The molecule has 2 aliphatic heterocycles. The zero-order valence-corrected chi connectivity index (χ0v) is 18.2. The lowest BCUT2D eigenvalue weighted by Gasteiger charge is -2.41. The van der Waals surface area contributed by atoms with Crippen molar-refractivity contribution in [3.8, 4) is 0 Å². The average Bonchev–Trinajstić information content (AvgIpc) is 2.67. The van der Waals surface area contributed by atoms with Crippen molar-refractivity contribution in [1.29, 1.82) is 0 Å². The molecule has 0 atom stereocenters. The Labute approximate surface area is 171 Å². The van der Waals surface area contributed by atoms with Gasteiger partial charge in [0.25, 0.3) is 0 Å². The Morgan fingerprint density at radius 3 is 1.07 bits per heavy atom. The molecular formula is C26H36N2. The fraction of sp³-hybridized carbons (Fsp3) is 0.538. The van der Waals surface area contributed by atoms with Gasteiger partial charge in [-0.25, -0.2) is 0 Å². The maximum absolute atomic E-state index is 2.61. The summed E-state index contributed by atoms with van der Waals surface area (Å²) in [5.41, 5.74) is 8.40. The van der Waals surface area contributed by atoms with Crippen molar-refractivity contribution in [3.63, 3.8) is 0 Å². The third-order valence-electron chi connectivity index (χ3n) is 6.89. The van der Waals surface area contributed by atoms with Gasteiger partial charge in [0.1, 0.15) is 0 Å². The van der Waals surface area contributed by atoms with Crippen molar-refractivity contribution < 1.29 is 0 Å². The van der Waals surface area contributed by atoms with Gasteiger partial charge in [-0.05, 0) is 112 Å². The van der Waals surface area contributed by atoms with Crippen LogP contribution in [0.3, 0.4) is 0 Å². The number of hydrogen-bond donors (Lipinski definition) is 0. The van der Waals surface area contributed by atoms with E-state index in [4.69, 9.17) is 0 Å². The van der Waals surface area contributed by atoms with E-state index >= 15 is 0 Å². The molecule has 0 aromatic heterocycles. The van der Waals surface area contributed by atoms with E-state index in [9.17, 15) is 0 Å². The van der Waals surface area contributed by atoms with Gasteiger partial charge in [-0.2, -0.15) is 0 Å². The third kappa shape index (κ3) is 4.37. The summed E-state index contributed by atoms with van der Waals surface area (Å²) in [4.78, 5) is 5.22. The summed E-state index contributed by atoms with van der Waals surface area (Å²) in [6, 6.07) is 14.0. The highest BCUT2D eigenvalue weighted by Gasteiger charge is 2.30. The molecule has 0 radical (unpaired) electrons. The minimum atomic E-state index is 0.920. The quantitative estimate of drug-likeness (QED) is 0.643. The number of benzene rings is 2. The van der Waals surface area contributed by atoms with Crippen LogP contribution in [0, 0.1) is 39.5 Å². The van der Waals surface area contributed by atoms with Crippen molar-refractivity contribution in [2.24, 2.45) is 11.8 Å². The van der Waals surface area contributed by atoms with Crippen molar-refractivity contribution >= 4 is 11.4 Å². The molecule has 0 bridgehead atoms. The van der Waals surface area contributed by atoms with E-state index in [-0.39, 0.29) is 0 Å². The molecule has 2 aliphatic rings. The summed E-state index contributed by atoms with van der Waals surface area (Å²) in [7, 11) is 0. The highest BCUT2D eigenvalue weighted by Crippen LogP contribution is 2.35. The highest BCUT2D eigenvalue weighted by atomic mass is 15.1. The van der Waals surface area contributed by atoms with Gasteiger partial charge in [0.15, 0.2) is 0 Å². The maximum Gasteiger partial charge on any atom is 0.0371 e. The molecule has 4 rings (SSSR count). The first-order valence-electron chi connectivity index (χ1n) is 11.1. The van der Waals surface area contributed by atoms with Crippen LogP contribution in [0.15, 0.2) is 36.4 Å². The van der Waals surface area contributed by atoms with Crippen LogP contribution in [0.5, 0.6) is 0 Å². The standard InChI is InChI=1S/C26H36N2/c1-19-13-20(2)16-25(15-19)27-9-5-23(6-10-27)24-7-11-28(12-8-24)26-17-21(3)14-22(4)18-26/h13-18,23-24H,5-12H2,1-4H3. The van der Waals surface area contributed by atoms with Crippen LogP contribution in [0.2, 0.25) is 0 Å². The summed E-state index contributed by atoms with van der Waals surface area (Å²) in [6.07, 6.45) is 5.45. The van der Waals surface area contributed by atoms with Crippen LogP contribution in [0.1, 0.15) is 47.9 Å². The normalized spacial score (nSPS) is 19.3. The summed E-state index contributed by atoms with van der Waals surface area (Å²) < 4.78 is 0. The third-order valence-corrected chi connectivity index (χ3v) is 6.89. The minimum absolute atomic E-state index is 0.920. The first-order chi connectivity index (χ1) is 13.5. The van der Waals surface area contributed by atoms with Gasteiger partial charge < -0.3 is 9.80 Å². The van der Waals surface area contributed by atoms with Crippen molar-refractivity contribution in [3.05, 3.63) is 58.7 Å². The van der Waals surface area contributed by atoms with Gasteiger partial charge in [0, 0.05) is 37.6 Å². The van der Waals surface area contributed by atoms with Crippen LogP contribution < -0.4 is 9.80 Å². The van der Waals surface area contributed by atoms with Crippen LogP contribution in [0.25, 0.3) is 0 Å². The van der Waals surface area contributed by atoms with Gasteiger partial charge >= 0.3 is 0 Å². The maximum atomic E-state index is 2.61. The second-order valence-corrected chi connectivity index (χ2v) is 9.34. The van der Waals surface area contributed by atoms with Gasteiger partial charge in [0.05, 0.1) is 0 Å². The Morgan fingerprint density at radius 1 is 0.500 bits per heavy atom. The Kier molecular flexibility index (Phi) is 5.66. The van der Waals surface area contributed by atoms with Gasteiger partial charge in [-0.3, -0.25) is 0 Å². The molecular weight excluding hydrogens is 340 g/mol. The SMILES string of the molecule is Cc1cc(C)cc(N2CCC(C3CCN(c4cc(C)cc(C)c4)CC3)CC2)c1. The van der Waals surface area contributed by atoms with Crippen LogP contribution in [0.4, 0.5) is 11.4 Å². The van der Waals surface area contributed by atoms with Crippen molar-refractivity contribution in [2.75, 3.05) is 36.0 Å². The lowest BCUT2D eigenvalue weighted by Crippen LogP contribution is -2.41. The molecule has 0 spiro atoms. The first kappa shape index (κ1) is 19.4. The Morgan fingerprint density at radius 2 is 0.786 bits per heavy atom. The molecule has 2 aromatic rings. The number of nitrogens with zero attached hydrogens (tertiary/aromatic N) is 2. The molecule has 28 heavy (non-hydrogen) atoms. The van der Waals surface area contributed by atoms with Crippen molar-refractivity contribution in [1.82, 2.24) is 0 Å². The van der Waals surface area contributed by atoms with E-state index < -0.39 is 0 Å². The van der Waals surface area contributed by atoms with Crippen molar-refractivity contribution in [2.45, 2.75) is 53.4 Å². The molecule has 0 unspecified atom stereocenters. The number of rotatable bonds is 3. The molecule has 150 valence electrons. The van der Waals surface area contributed by atoms with E-state index in [0.717, 1.165) is 11.8 Å². The predicted octanol–water partition coefficient (Wildman–Crippen LogP) is 6.05. The molecule has 2 nitrogen and oxygen atoms in total.